The number of hydrogen-bond donors (Lipinski definition) is 0. The summed E-state index contributed by atoms with van der Waals surface area (Å²) in [5.41, 5.74) is -2.51. The van der Waals surface area contributed by atoms with E-state index in [1.54, 1.807) is 0 Å². The number of alkyl halides is 1. The van der Waals surface area contributed by atoms with Gasteiger partial charge in [-0.2, -0.15) is 5.26 Å². The average Bonchev–Trinajstić information content (AvgIpc) is 1.86. The second-order valence-electron chi connectivity index (χ2n) is 1.61. The van der Waals surface area contributed by atoms with Crippen molar-refractivity contribution in [2.75, 3.05) is 7.11 Å². The molecule has 1 atom stereocenters. The van der Waals surface area contributed by atoms with Gasteiger partial charge in [0.2, 0.25) is 0 Å². The van der Waals surface area contributed by atoms with Crippen molar-refractivity contribution in [3.8, 4) is 6.07 Å². The molecule has 0 aromatic rings. The van der Waals surface area contributed by atoms with Gasteiger partial charge in [0, 0.05) is 0 Å². The first-order chi connectivity index (χ1) is 4.04. The Labute approximate surface area is 52.0 Å². The minimum absolute atomic E-state index is 0.846. The van der Waals surface area contributed by atoms with Crippen molar-refractivity contribution in [1.82, 2.24) is 0 Å². The zero-order valence-corrected chi connectivity index (χ0v) is 5.14. The van der Waals surface area contributed by atoms with Crippen LogP contribution in [0.5, 0.6) is 0 Å². The Hall–Kier alpha value is -1.11. The molecule has 0 spiro atoms. The predicted molar refractivity (Wildman–Crippen MR) is 27.1 cm³/mol. The van der Waals surface area contributed by atoms with E-state index in [1.807, 2.05) is 0 Å². The van der Waals surface area contributed by atoms with E-state index < -0.39 is 11.6 Å². The van der Waals surface area contributed by atoms with Gasteiger partial charge < -0.3 is 4.74 Å². The van der Waals surface area contributed by atoms with Gasteiger partial charge >= 0.3 is 5.97 Å². The third-order valence-electron chi connectivity index (χ3n) is 0.779. The van der Waals surface area contributed by atoms with Crippen LogP contribution in [0, 0.1) is 11.3 Å². The maximum atomic E-state index is 12.4. The fraction of sp³-hybridized carbons (Fsp3) is 0.600. The Morgan fingerprint density at radius 1 is 1.89 bits per heavy atom. The zero-order chi connectivity index (χ0) is 7.49. The number of methoxy groups -OCH3 is 1. The summed E-state index contributed by atoms with van der Waals surface area (Å²) in [7, 11) is 1.03. The first-order valence-electron chi connectivity index (χ1n) is 2.23. The van der Waals surface area contributed by atoms with Crippen molar-refractivity contribution in [2.45, 2.75) is 12.6 Å². The molecule has 1 unspecified atom stereocenters. The van der Waals surface area contributed by atoms with Crippen molar-refractivity contribution >= 4 is 5.97 Å². The van der Waals surface area contributed by atoms with Crippen LogP contribution in [0.2, 0.25) is 0 Å². The van der Waals surface area contributed by atoms with Gasteiger partial charge in [-0.1, -0.05) is 0 Å². The van der Waals surface area contributed by atoms with E-state index in [2.05, 4.69) is 4.74 Å². The van der Waals surface area contributed by atoms with Crippen molar-refractivity contribution < 1.29 is 13.9 Å². The maximum absolute atomic E-state index is 12.4. The van der Waals surface area contributed by atoms with Crippen molar-refractivity contribution in [3.63, 3.8) is 0 Å². The van der Waals surface area contributed by atoms with Crippen LogP contribution >= 0.6 is 0 Å². The highest BCUT2D eigenvalue weighted by Crippen LogP contribution is 2.08. The number of nitrogens with zero attached hydrogens (tertiary/aromatic N) is 1. The largest absolute Gasteiger partial charge is 0.466 e. The van der Waals surface area contributed by atoms with Crippen LogP contribution in [0.15, 0.2) is 0 Å². The van der Waals surface area contributed by atoms with Crippen molar-refractivity contribution in [2.24, 2.45) is 0 Å². The first kappa shape index (κ1) is 7.89. The molecule has 0 aromatic heterocycles. The van der Waals surface area contributed by atoms with Crippen molar-refractivity contribution in [1.29, 1.82) is 5.26 Å². The van der Waals surface area contributed by atoms with E-state index in [-0.39, 0.29) is 0 Å². The lowest BCUT2D eigenvalue weighted by atomic mass is 10.2. The second kappa shape index (κ2) is 2.44. The van der Waals surface area contributed by atoms with E-state index in [4.69, 9.17) is 5.26 Å². The molecule has 0 radical (unpaired) electrons. The summed E-state index contributed by atoms with van der Waals surface area (Å²) in [5, 5.41) is 7.97. The summed E-state index contributed by atoms with van der Waals surface area (Å²) < 4.78 is 16.3. The van der Waals surface area contributed by atoms with Crippen LogP contribution in [0.25, 0.3) is 0 Å². The molecule has 9 heavy (non-hydrogen) atoms. The Morgan fingerprint density at radius 2 is 2.33 bits per heavy atom. The van der Waals surface area contributed by atoms with Crippen LogP contribution in [0.3, 0.4) is 0 Å². The number of halogens is 1. The Balaban J connectivity index is 4.19. The molecule has 50 valence electrons. The molecule has 4 heteroatoms. The number of carbonyl (C=O) groups excluding carboxylic acids is 1. The number of ether oxygens (including phenoxy) is 1. The summed E-state index contributed by atoms with van der Waals surface area (Å²) in [5.74, 6) is -1.16. The topological polar surface area (TPSA) is 50.1 Å². The van der Waals surface area contributed by atoms with Gasteiger partial charge in [-0.15, -0.1) is 0 Å². The van der Waals surface area contributed by atoms with Gasteiger partial charge in [0.25, 0.3) is 5.67 Å². The maximum Gasteiger partial charge on any atom is 0.358 e. The Kier molecular flexibility index (Phi) is 2.14. The molecule has 0 saturated carbocycles. The average molecular weight is 131 g/mol. The standard InChI is InChI=1S/C5H6FNO2/c1-5(6,3-7)4(8)9-2/h1-2H3. The molecule has 0 heterocycles. The fourth-order valence-corrected chi connectivity index (χ4v) is 0.237. The van der Waals surface area contributed by atoms with E-state index in [9.17, 15) is 9.18 Å². The highest BCUT2D eigenvalue weighted by Gasteiger charge is 2.33. The van der Waals surface area contributed by atoms with E-state index in [1.165, 1.54) is 0 Å². The monoisotopic (exact) mass is 131 g/mol. The Bertz CT molecular complexity index is 159. The number of nitriles is 1. The summed E-state index contributed by atoms with van der Waals surface area (Å²) in [6, 6.07) is 1.15. The minimum Gasteiger partial charge on any atom is -0.466 e. The summed E-state index contributed by atoms with van der Waals surface area (Å²) in [6.45, 7) is 0.846. The summed E-state index contributed by atoms with van der Waals surface area (Å²) >= 11 is 0. The molecule has 0 rings (SSSR count). The van der Waals surface area contributed by atoms with Crippen LogP contribution in [-0.4, -0.2) is 18.7 Å². The molecule has 3 nitrogen and oxygen atoms in total. The van der Waals surface area contributed by atoms with Crippen LogP contribution in [0.1, 0.15) is 6.92 Å². The van der Waals surface area contributed by atoms with E-state index in [0.717, 1.165) is 20.1 Å². The summed E-state index contributed by atoms with van der Waals surface area (Å²) in [6.07, 6.45) is 0. The number of rotatable bonds is 1. The van der Waals surface area contributed by atoms with Crippen LogP contribution in [-0.2, 0) is 9.53 Å². The fourth-order valence-electron chi connectivity index (χ4n) is 0.237. The highest BCUT2D eigenvalue weighted by atomic mass is 19.1. The minimum atomic E-state index is -2.51. The highest BCUT2D eigenvalue weighted by molar-refractivity contribution is 5.82. The van der Waals surface area contributed by atoms with Gasteiger partial charge in [-0.05, 0) is 6.92 Å². The number of carbonyl (C=O) groups is 1. The molecule has 0 aliphatic carbocycles. The molecular formula is C5H6FNO2. The smallest absolute Gasteiger partial charge is 0.358 e. The summed E-state index contributed by atoms with van der Waals surface area (Å²) in [4.78, 5) is 10.2. The van der Waals surface area contributed by atoms with E-state index >= 15 is 0 Å². The van der Waals surface area contributed by atoms with Crippen molar-refractivity contribution in [3.05, 3.63) is 0 Å². The van der Waals surface area contributed by atoms with Gasteiger partial charge in [-0.3, -0.25) is 0 Å². The SMILES string of the molecule is COC(=O)C(C)(F)C#N. The molecule has 0 aromatic carbocycles. The lowest BCUT2D eigenvalue weighted by Gasteiger charge is -2.05. The van der Waals surface area contributed by atoms with Crippen LogP contribution in [0.4, 0.5) is 4.39 Å². The Morgan fingerprint density at radius 3 is 2.44 bits per heavy atom. The van der Waals surface area contributed by atoms with Gasteiger partial charge in [-0.25, -0.2) is 9.18 Å². The molecule has 0 fully saturated rings. The first-order valence-corrected chi connectivity index (χ1v) is 2.23. The molecular weight excluding hydrogens is 125 g/mol. The zero-order valence-electron chi connectivity index (χ0n) is 5.14. The van der Waals surface area contributed by atoms with Gasteiger partial charge in [0.05, 0.1) is 7.11 Å². The number of esters is 1. The third-order valence-corrected chi connectivity index (χ3v) is 0.779. The number of hydrogen-bond acceptors (Lipinski definition) is 3. The van der Waals surface area contributed by atoms with E-state index in [0.29, 0.717) is 0 Å². The molecule has 0 aliphatic heterocycles. The van der Waals surface area contributed by atoms with Gasteiger partial charge in [0.15, 0.2) is 0 Å². The third kappa shape index (κ3) is 1.68. The lowest BCUT2D eigenvalue weighted by Crippen LogP contribution is -2.29. The second-order valence-corrected chi connectivity index (χ2v) is 1.61. The van der Waals surface area contributed by atoms with Crippen LogP contribution < -0.4 is 0 Å². The molecule has 0 saturated heterocycles. The molecule has 0 N–H and O–H groups in total. The predicted octanol–water partition coefficient (Wildman–Crippen LogP) is 0.411. The quantitative estimate of drug-likeness (QED) is 0.484. The lowest BCUT2D eigenvalue weighted by molar-refractivity contribution is -0.149. The normalized spacial score (nSPS) is 15.3. The molecule has 0 bridgehead atoms. The molecule has 0 amide bonds. The van der Waals surface area contributed by atoms with Gasteiger partial charge in [0.1, 0.15) is 6.07 Å². The molecule has 0 aliphatic rings.